The Bertz CT molecular complexity index is 676. The second-order valence-corrected chi connectivity index (χ2v) is 5.56. The first-order valence-corrected chi connectivity index (χ1v) is 8.35. The van der Waals surface area contributed by atoms with Gasteiger partial charge in [0.15, 0.2) is 0 Å². The van der Waals surface area contributed by atoms with Crippen LogP contribution >= 0.6 is 0 Å². The monoisotopic (exact) mass is 340 g/mol. The van der Waals surface area contributed by atoms with Crippen molar-refractivity contribution in [3.63, 3.8) is 0 Å². The van der Waals surface area contributed by atoms with E-state index in [0.29, 0.717) is 38.5 Å². The fraction of sp³-hybridized carbons (Fsp3) is 0.316. The molecule has 0 aliphatic carbocycles. The third-order valence-corrected chi connectivity index (χ3v) is 3.70. The van der Waals surface area contributed by atoms with E-state index in [-0.39, 0.29) is 5.97 Å². The van der Waals surface area contributed by atoms with Crippen molar-refractivity contribution < 1.29 is 9.53 Å². The summed E-state index contributed by atoms with van der Waals surface area (Å²) in [6.07, 6.45) is 0.340. The maximum absolute atomic E-state index is 11.7. The Labute approximate surface area is 148 Å². The van der Waals surface area contributed by atoms with E-state index in [0.717, 1.165) is 5.69 Å². The predicted octanol–water partition coefficient (Wildman–Crippen LogP) is 4.17. The van der Waals surface area contributed by atoms with Crippen LogP contribution in [0.5, 0.6) is 0 Å². The molecule has 2 N–H and O–H groups in total. The zero-order valence-corrected chi connectivity index (χ0v) is 14.4. The molecule has 0 spiro atoms. The Hall–Kier alpha value is -2.73. The molecule has 0 amide bonds. The summed E-state index contributed by atoms with van der Waals surface area (Å²) in [5.74, 6) is -0.192. The molecule has 132 valence electrons. The lowest BCUT2D eigenvalue weighted by atomic mass is 10.2. The van der Waals surface area contributed by atoms with Gasteiger partial charge in [-0.05, 0) is 24.6 Å². The number of para-hydroxylation sites is 2. The Morgan fingerprint density at radius 1 is 1.16 bits per heavy atom. The number of anilines is 1. The van der Waals surface area contributed by atoms with Gasteiger partial charge in [0, 0.05) is 13.1 Å². The van der Waals surface area contributed by atoms with Crippen molar-refractivity contribution >= 4 is 17.3 Å². The molecule has 0 fully saturated rings. The van der Waals surface area contributed by atoms with E-state index in [4.69, 9.17) is 10.3 Å². The molecule has 0 saturated heterocycles. The van der Waals surface area contributed by atoms with E-state index in [1.165, 1.54) is 5.56 Å². The minimum Gasteiger partial charge on any atom is -0.466 e. The van der Waals surface area contributed by atoms with Crippen LogP contribution < -0.4 is 5.32 Å². The minimum atomic E-state index is -0.192. The molecule has 0 aliphatic rings. The third-order valence-electron chi connectivity index (χ3n) is 3.70. The van der Waals surface area contributed by atoms with Gasteiger partial charge >= 0.3 is 5.97 Å². The van der Waals surface area contributed by atoms with Crippen molar-refractivity contribution in [3.05, 3.63) is 60.2 Å². The SMILES string of the molecule is CCOC(=O)CCN(CNc1ccccc1N=N)Cc1ccccc1. The molecule has 25 heavy (non-hydrogen) atoms. The van der Waals surface area contributed by atoms with Crippen LogP contribution in [0.1, 0.15) is 18.9 Å². The molecule has 2 aromatic carbocycles. The molecule has 2 rings (SSSR count). The van der Waals surface area contributed by atoms with Gasteiger partial charge in [0.2, 0.25) is 0 Å². The molecule has 0 radical (unpaired) electrons. The Morgan fingerprint density at radius 2 is 1.88 bits per heavy atom. The van der Waals surface area contributed by atoms with Gasteiger partial charge in [0.05, 0.1) is 25.4 Å². The highest BCUT2D eigenvalue weighted by Gasteiger charge is 2.10. The minimum absolute atomic E-state index is 0.192. The zero-order valence-electron chi connectivity index (χ0n) is 14.4. The average Bonchev–Trinajstić information content (AvgIpc) is 2.65. The van der Waals surface area contributed by atoms with Crippen molar-refractivity contribution in [1.29, 1.82) is 5.53 Å². The van der Waals surface area contributed by atoms with Gasteiger partial charge in [-0.25, -0.2) is 5.53 Å². The summed E-state index contributed by atoms with van der Waals surface area (Å²) >= 11 is 0. The molecule has 0 atom stereocenters. The summed E-state index contributed by atoms with van der Waals surface area (Å²) in [6.45, 7) is 4.05. The van der Waals surface area contributed by atoms with Gasteiger partial charge in [-0.2, -0.15) is 5.11 Å². The molecule has 0 aliphatic heterocycles. The standard InChI is InChI=1S/C19H24N4O2/c1-2-25-19(24)12-13-23(14-16-8-4-3-5-9-16)15-21-17-10-6-7-11-18(17)22-20/h3-11,20-21H,2,12-15H2,1H3. The lowest BCUT2D eigenvalue weighted by molar-refractivity contribution is -0.143. The van der Waals surface area contributed by atoms with Gasteiger partial charge in [-0.15, -0.1) is 0 Å². The van der Waals surface area contributed by atoms with Crippen LogP contribution in [0.25, 0.3) is 0 Å². The lowest BCUT2D eigenvalue weighted by Crippen LogP contribution is -2.31. The number of rotatable bonds is 10. The molecular formula is C19H24N4O2. The highest BCUT2D eigenvalue weighted by molar-refractivity contribution is 5.69. The van der Waals surface area contributed by atoms with Crippen LogP contribution in [0.3, 0.4) is 0 Å². The van der Waals surface area contributed by atoms with Crippen LogP contribution in [0.2, 0.25) is 0 Å². The van der Waals surface area contributed by atoms with E-state index >= 15 is 0 Å². The first-order valence-electron chi connectivity index (χ1n) is 8.35. The van der Waals surface area contributed by atoms with Crippen LogP contribution in [-0.2, 0) is 16.1 Å². The summed E-state index contributed by atoms with van der Waals surface area (Å²) in [4.78, 5) is 13.8. The molecular weight excluding hydrogens is 316 g/mol. The highest BCUT2D eigenvalue weighted by atomic mass is 16.5. The number of benzene rings is 2. The number of carbonyl (C=O) groups excluding carboxylic acids is 1. The third kappa shape index (κ3) is 6.35. The quantitative estimate of drug-likeness (QED) is 0.386. The van der Waals surface area contributed by atoms with Crippen molar-refractivity contribution in [1.82, 2.24) is 4.90 Å². The molecule has 6 heteroatoms. The van der Waals surface area contributed by atoms with Crippen LogP contribution in [0, 0.1) is 5.53 Å². The summed E-state index contributed by atoms with van der Waals surface area (Å²) < 4.78 is 5.02. The number of carbonyl (C=O) groups is 1. The van der Waals surface area contributed by atoms with Crippen molar-refractivity contribution in [2.75, 3.05) is 25.1 Å². The van der Waals surface area contributed by atoms with E-state index in [1.807, 2.05) is 43.3 Å². The number of nitrogens with zero attached hydrogens (tertiary/aromatic N) is 2. The van der Waals surface area contributed by atoms with E-state index in [9.17, 15) is 4.79 Å². The number of nitrogens with one attached hydrogen (secondary N) is 2. The fourth-order valence-electron chi connectivity index (χ4n) is 2.46. The van der Waals surface area contributed by atoms with E-state index < -0.39 is 0 Å². The Morgan fingerprint density at radius 3 is 2.60 bits per heavy atom. The topological polar surface area (TPSA) is 77.8 Å². The smallest absolute Gasteiger partial charge is 0.307 e. The maximum atomic E-state index is 11.7. The van der Waals surface area contributed by atoms with Crippen molar-refractivity contribution in [2.45, 2.75) is 19.9 Å². The summed E-state index contributed by atoms with van der Waals surface area (Å²) in [7, 11) is 0. The average molecular weight is 340 g/mol. The Kier molecular flexibility index (Phi) is 7.59. The van der Waals surface area contributed by atoms with Gasteiger partial charge in [0.1, 0.15) is 5.69 Å². The molecule has 6 nitrogen and oxygen atoms in total. The van der Waals surface area contributed by atoms with E-state index in [1.54, 1.807) is 6.07 Å². The number of esters is 1. The van der Waals surface area contributed by atoms with Gasteiger partial charge in [0.25, 0.3) is 0 Å². The fourth-order valence-corrected chi connectivity index (χ4v) is 2.46. The Balaban J connectivity index is 2.00. The second kappa shape index (κ2) is 10.2. The number of ether oxygens (including phenoxy) is 1. The first-order chi connectivity index (χ1) is 12.2. The largest absolute Gasteiger partial charge is 0.466 e. The molecule has 0 unspecified atom stereocenters. The van der Waals surface area contributed by atoms with Gasteiger partial charge < -0.3 is 10.1 Å². The molecule has 0 bridgehead atoms. The highest BCUT2D eigenvalue weighted by Crippen LogP contribution is 2.23. The predicted molar refractivity (Wildman–Crippen MR) is 97.8 cm³/mol. The van der Waals surface area contributed by atoms with Crippen LogP contribution in [-0.4, -0.2) is 30.7 Å². The van der Waals surface area contributed by atoms with Crippen molar-refractivity contribution in [3.8, 4) is 0 Å². The van der Waals surface area contributed by atoms with E-state index in [2.05, 4.69) is 27.5 Å². The normalized spacial score (nSPS) is 10.5. The maximum Gasteiger partial charge on any atom is 0.307 e. The molecule has 2 aromatic rings. The van der Waals surface area contributed by atoms with Crippen LogP contribution in [0.15, 0.2) is 59.7 Å². The van der Waals surface area contributed by atoms with Crippen LogP contribution in [0.4, 0.5) is 11.4 Å². The number of hydrogen-bond donors (Lipinski definition) is 2. The van der Waals surface area contributed by atoms with Gasteiger partial charge in [-0.3, -0.25) is 9.69 Å². The summed E-state index contributed by atoms with van der Waals surface area (Å²) in [5.41, 5.74) is 9.80. The summed E-state index contributed by atoms with van der Waals surface area (Å²) in [6, 6.07) is 17.5. The molecule has 0 heterocycles. The van der Waals surface area contributed by atoms with Crippen molar-refractivity contribution in [2.24, 2.45) is 5.11 Å². The summed E-state index contributed by atoms with van der Waals surface area (Å²) in [5, 5.41) is 6.83. The zero-order chi connectivity index (χ0) is 17.9. The second-order valence-electron chi connectivity index (χ2n) is 5.56. The molecule has 0 saturated carbocycles. The number of hydrogen-bond acceptors (Lipinski definition) is 6. The lowest BCUT2D eigenvalue weighted by Gasteiger charge is -2.23. The van der Waals surface area contributed by atoms with Gasteiger partial charge in [-0.1, -0.05) is 42.5 Å². The molecule has 0 aromatic heterocycles. The first kappa shape index (κ1) is 18.6.